The van der Waals surface area contributed by atoms with Gasteiger partial charge in [0.05, 0.1) is 5.69 Å². The minimum absolute atomic E-state index is 0.0213. The van der Waals surface area contributed by atoms with Crippen molar-refractivity contribution in [3.05, 3.63) is 34.9 Å². The number of hydrogen-bond donors (Lipinski definition) is 0. The van der Waals surface area contributed by atoms with Crippen molar-refractivity contribution in [2.45, 2.75) is 24.7 Å². The molecule has 1 heterocycles. The molecule has 0 bridgehead atoms. The quantitative estimate of drug-likeness (QED) is 0.472. The van der Waals surface area contributed by atoms with E-state index < -0.39 is 18.4 Å². The van der Waals surface area contributed by atoms with Crippen molar-refractivity contribution in [1.29, 1.82) is 5.26 Å². The van der Waals surface area contributed by atoms with Crippen LogP contribution in [0, 0.1) is 11.3 Å². The fourth-order valence-corrected chi connectivity index (χ4v) is 3.21. The van der Waals surface area contributed by atoms with Crippen LogP contribution in [-0.2, 0) is 14.3 Å². The molecule has 0 saturated carbocycles. The predicted molar refractivity (Wildman–Crippen MR) is 84.2 cm³/mol. The van der Waals surface area contributed by atoms with Crippen LogP contribution in [0.15, 0.2) is 39.8 Å². The number of hydrogen-bond acceptors (Lipinski definition) is 6. The van der Waals surface area contributed by atoms with Gasteiger partial charge in [0.2, 0.25) is 5.78 Å². The number of carbonyl (C=O) groups excluding carboxylic acids is 2. The maximum absolute atomic E-state index is 12.2. The molecule has 114 valence electrons. The summed E-state index contributed by atoms with van der Waals surface area (Å²) in [7, 11) is 1.81. The van der Waals surface area contributed by atoms with Crippen LogP contribution in [-0.4, -0.2) is 25.4 Å². The summed E-state index contributed by atoms with van der Waals surface area (Å²) >= 11 is 1.37. The number of ketones is 1. The Balaban J connectivity index is 2.17. The molecule has 1 aromatic carbocycles. The van der Waals surface area contributed by atoms with E-state index in [4.69, 9.17) is 4.74 Å². The number of esters is 1. The van der Waals surface area contributed by atoms with Crippen molar-refractivity contribution in [1.82, 2.24) is 0 Å². The number of thioether (sulfide) groups is 1. The van der Waals surface area contributed by atoms with Crippen molar-refractivity contribution in [3.8, 4) is 6.07 Å². The zero-order chi connectivity index (χ0) is 16.1. The molecule has 0 saturated heterocycles. The van der Waals surface area contributed by atoms with Gasteiger partial charge in [-0.25, -0.2) is 0 Å². The first-order chi connectivity index (χ1) is 10.6. The van der Waals surface area contributed by atoms with E-state index in [2.05, 4.69) is 0 Å². The third-order valence-electron chi connectivity index (χ3n) is 3.16. The molecule has 0 amide bonds. The highest BCUT2D eigenvalue weighted by atomic mass is 32.2. The molecule has 1 aliphatic heterocycles. The third-order valence-corrected chi connectivity index (χ3v) is 4.40. The van der Waals surface area contributed by atoms with Gasteiger partial charge in [-0.15, -0.1) is 0 Å². The van der Waals surface area contributed by atoms with Gasteiger partial charge >= 0.3 is 5.97 Å². The van der Waals surface area contributed by atoms with Crippen molar-refractivity contribution >= 4 is 29.2 Å². The maximum Gasteiger partial charge on any atom is 0.306 e. The predicted octanol–water partition coefficient (Wildman–Crippen LogP) is 2.88. The number of Topliss-reactive ketones (excluding diaryl/α,β-unsaturated/α-hetero) is 1. The molecule has 0 unspecified atom stereocenters. The summed E-state index contributed by atoms with van der Waals surface area (Å²) in [5, 5.41) is 9.88. The fraction of sp³-hybridized carbons (Fsp3) is 0.312. The molecule has 1 aromatic rings. The lowest BCUT2D eigenvalue weighted by Gasteiger charge is -2.14. The van der Waals surface area contributed by atoms with E-state index in [9.17, 15) is 14.9 Å². The third kappa shape index (κ3) is 3.31. The van der Waals surface area contributed by atoms with E-state index in [1.807, 2.05) is 49.2 Å². The van der Waals surface area contributed by atoms with Crippen LogP contribution in [0.25, 0.3) is 0 Å². The number of para-hydroxylation sites is 1. The van der Waals surface area contributed by atoms with Crippen molar-refractivity contribution in [3.63, 3.8) is 0 Å². The number of anilines is 1. The Morgan fingerprint density at radius 3 is 2.73 bits per heavy atom. The fourth-order valence-electron chi connectivity index (χ4n) is 2.05. The minimum atomic E-state index is -0.478. The van der Waals surface area contributed by atoms with Gasteiger partial charge in [0.25, 0.3) is 0 Å². The monoisotopic (exact) mass is 316 g/mol. The zero-order valence-corrected chi connectivity index (χ0v) is 13.3. The zero-order valence-electron chi connectivity index (χ0n) is 12.5. The summed E-state index contributed by atoms with van der Waals surface area (Å²) < 4.78 is 4.90. The molecule has 0 spiro atoms. The van der Waals surface area contributed by atoms with E-state index in [1.54, 1.807) is 0 Å². The highest BCUT2D eigenvalue weighted by Crippen LogP contribution is 2.45. The van der Waals surface area contributed by atoms with Crippen LogP contribution in [0.2, 0.25) is 0 Å². The Morgan fingerprint density at radius 2 is 2.09 bits per heavy atom. The molecule has 0 aliphatic carbocycles. The summed E-state index contributed by atoms with van der Waals surface area (Å²) in [5.74, 6) is -0.900. The number of benzene rings is 1. The van der Waals surface area contributed by atoms with Crippen LogP contribution < -0.4 is 4.90 Å². The van der Waals surface area contributed by atoms with E-state index in [0.29, 0.717) is 11.4 Å². The Bertz CT molecular complexity index is 676. The van der Waals surface area contributed by atoms with E-state index >= 15 is 0 Å². The largest absolute Gasteiger partial charge is 0.457 e. The smallest absolute Gasteiger partial charge is 0.306 e. The van der Waals surface area contributed by atoms with Crippen molar-refractivity contribution in [2.75, 3.05) is 18.6 Å². The molecule has 2 rings (SSSR count). The normalized spacial score (nSPS) is 15.0. The molecule has 0 fully saturated rings. The van der Waals surface area contributed by atoms with E-state index in [0.717, 1.165) is 10.6 Å². The topological polar surface area (TPSA) is 70.4 Å². The molecule has 1 aliphatic rings. The highest BCUT2D eigenvalue weighted by molar-refractivity contribution is 8.03. The summed E-state index contributed by atoms with van der Waals surface area (Å²) in [4.78, 5) is 26.3. The number of fused-ring (bicyclic) bond motifs is 1. The first-order valence-corrected chi connectivity index (χ1v) is 7.74. The molecule has 22 heavy (non-hydrogen) atoms. The van der Waals surface area contributed by atoms with Gasteiger partial charge in [-0.1, -0.05) is 30.8 Å². The van der Waals surface area contributed by atoms with Gasteiger partial charge in [0, 0.05) is 18.4 Å². The molecule has 0 atom stereocenters. The van der Waals surface area contributed by atoms with Gasteiger partial charge < -0.3 is 9.64 Å². The average molecular weight is 316 g/mol. The molecule has 0 N–H and O–H groups in total. The lowest BCUT2D eigenvalue weighted by Crippen LogP contribution is -2.19. The Labute approximate surface area is 133 Å². The Kier molecular flexibility index (Phi) is 5.23. The maximum atomic E-state index is 12.2. The summed E-state index contributed by atoms with van der Waals surface area (Å²) in [6, 6.07) is 9.61. The van der Waals surface area contributed by atoms with Crippen LogP contribution in [0.1, 0.15) is 19.8 Å². The molecule has 6 heteroatoms. The van der Waals surface area contributed by atoms with Gasteiger partial charge in [0.15, 0.2) is 6.61 Å². The average Bonchev–Trinajstić information content (AvgIpc) is 2.84. The summed E-state index contributed by atoms with van der Waals surface area (Å²) in [6.45, 7) is 1.46. The Hall–Kier alpha value is -2.26. The number of ether oxygens (including phenoxy) is 1. The first-order valence-electron chi connectivity index (χ1n) is 6.92. The number of carbonyl (C=O) groups is 2. The number of nitriles is 1. The lowest BCUT2D eigenvalue weighted by atomic mass is 10.2. The standard InChI is InChI=1S/C16H16N2O3S/c1-3-6-15(20)21-10-13(19)11(9-17)16-18(2)12-7-4-5-8-14(12)22-16/h4-5,7-8H,3,6,10H2,1-2H3/b16-11-. The second-order valence-electron chi connectivity index (χ2n) is 4.75. The van der Waals surface area contributed by atoms with Crippen molar-refractivity contribution in [2.24, 2.45) is 0 Å². The molecule has 0 radical (unpaired) electrons. The number of nitrogens with zero attached hydrogens (tertiary/aromatic N) is 2. The summed E-state index contributed by atoms with van der Waals surface area (Å²) in [5.41, 5.74) is 0.971. The first kappa shape index (κ1) is 16.1. The highest BCUT2D eigenvalue weighted by Gasteiger charge is 2.28. The van der Waals surface area contributed by atoms with Crippen LogP contribution >= 0.6 is 11.8 Å². The minimum Gasteiger partial charge on any atom is -0.457 e. The summed E-state index contributed by atoms with van der Waals surface area (Å²) in [6.07, 6.45) is 0.930. The molecule has 0 aromatic heterocycles. The van der Waals surface area contributed by atoms with Crippen LogP contribution in [0.5, 0.6) is 0 Å². The second-order valence-corrected chi connectivity index (χ2v) is 5.79. The van der Waals surface area contributed by atoms with Crippen LogP contribution in [0.3, 0.4) is 0 Å². The second kappa shape index (κ2) is 7.14. The van der Waals surface area contributed by atoms with Crippen molar-refractivity contribution < 1.29 is 14.3 Å². The van der Waals surface area contributed by atoms with Gasteiger partial charge in [-0.2, -0.15) is 5.26 Å². The Morgan fingerprint density at radius 1 is 1.36 bits per heavy atom. The van der Waals surface area contributed by atoms with Gasteiger partial charge in [0.1, 0.15) is 16.7 Å². The SMILES string of the molecule is CCCC(=O)OCC(=O)/C(C#N)=C1\Sc2ccccc2N1C. The van der Waals surface area contributed by atoms with Gasteiger partial charge in [-0.3, -0.25) is 9.59 Å². The van der Waals surface area contributed by atoms with Crippen LogP contribution in [0.4, 0.5) is 5.69 Å². The number of rotatable bonds is 5. The van der Waals surface area contributed by atoms with E-state index in [-0.39, 0.29) is 12.0 Å². The molecular formula is C16H16N2O3S. The van der Waals surface area contributed by atoms with E-state index in [1.165, 1.54) is 11.8 Å². The molecular weight excluding hydrogens is 300 g/mol. The lowest BCUT2D eigenvalue weighted by molar-refractivity contribution is -0.147. The van der Waals surface area contributed by atoms with Gasteiger partial charge in [-0.05, 0) is 18.6 Å². The molecule has 5 nitrogen and oxygen atoms in total.